The molecule has 0 radical (unpaired) electrons. The summed E-state index contributed by atoms with van der Waals surface area (Å²) in [4.78, 5) is 12.5. The fourth-order valence-electron chi connectivity index (χ4n) is 2.52. The summed E-state index contributed by atoms with van der Waals surface area (Å²) in [5.41, 5.74) is 2.40. The van der Waals surface area contributed by atoms with Crippen LogP contribution in [0.5, 0.6) is 5.75 Å². The number of ether oxygens (including phenoxy) is 1. The molecule has 0 fully saturated rings. The SMILES string of the molecule is COc1ccc(CC(=O)Nc2cc(S(=O)(=O)N(C)C)cc(C)c2C)cc1F. The number of carbonyl (C=O) groups is 1. The van der Waals surface area contributed by atoms with E-state index >= 15 is 0 Å². The normalized spacial score (nSPS) is 11.5. The van der Waals surface area contributed by atoms with Gasteiger partial charge >= 0.3 is 0 Å². The molecule has 0 spiro atoms. The Kier molecular flexibility index (Phi) is 6.22. The lowest BCUT2D eigenvalue weighted by molar-refractivity contribution is -0.115. The zero-order valence-electron chi connectivity index (χ0n) is 16.0. The van der Waals surface area contributed by atoms with E-state index in [9.17, 15) is 17.6 Å². The standard InChI is InChI=1S/C19H23FN2O4S/c1-12-8-15(27(24,25)22(3)4)11-17(13(12)2)21-19(23)10-14-6-7-18(26-5)16(20)9-14/h6-9,11H,10H2,1-5H3,(H,21,23). The lowest BCUT2D eigenvalue weighted by atomic mass is 10.1. The summed E-state index contributed by atoms with van der Waals surface area (Å²) < 4.78 is 44.5. The molecule has 6 nitrogen and oxygen atoms in total. The number of sulfonamides is 1. The molecule has 8 heteroatoms. The molecule has 27 heavy (non-hydrogen) atoms. The molecule has 0 aliphatic heterocycles. The second kappa shape index (κ2) is 8.06. The maximum absolute atomic E-state index is 13.8. The van der Waals surface area contributed by atoms with Crippen LogP contribution in [0.15, 0.2) is 35.2 Å². The van der Waals surface area contributed by atoms with E-state index in [2.05, 4.69) is 5.32 Å². The lowest BCUT2D eigenvalue weighted by Crippen LogP contribution is -2.23. The van der Waals surface area contributed by atoms with Crippen molar-refractivity contribution in [2.75, 3.05) is 26.5 Å². The second-order valence-electron chi connectivity index (χ2n) is 6.39. The highest BCUT2D eigenvalue weighted by Crippen LogP contribution is 2.26. The number of anilines is 1. The molecular formula is C19H23FN2O4S. The highest BCUT2D eigenvalue weighted by atomic mass is 32.2. The number of nitrogens with one attached hydrogen (secondary N) is 1. The minimum Gasteiger partial charge on any atom is -0.494 e. The highest BCUT2D eigenvalue weighted by Gasteiger charge is 2.20. The Hall–Kier alpha value is -2.45. The molecule has 2 rings (SSSR count). The number of hydrogen-bond donors (Lipinski definition) is 1. The summed E-state index contributed by atoms with van der Waals surface area (Å²) in [6.07, 6.45) is -0.0515. The Morgan fingerprint density at radius 1 is 1.19 bits per heavy atom. The summed E-state index contributed by atoms with van der Waals surface area (Å²) >= 11 is 0. The van der Waals surface area contributed by atoms with Crippen molar-refractivity contribution in [2.45, 2.75) is 25.2 Å². The first-order chi connectivity index (χ1) is 12.6. The minimum absolute atomic E-state index is 0.0515. The van der Waals surface area contributed by atoms with Gasteiger partial charge in [0.05, 0.1) is 18.4 Å². The largest absolute Gasteiger partial charge is 0.494 e. The Bertz CT molecular complexity index is 972. The van der Waals surface area contributed by atoms with E-state index in [4.69, 9.17) is 4.74 Å². The summed E-state index contributed by atoms with van der Waals surface area (Å²) in [6.45, 7) is 3.57. The number of rotatable bonds is 6. The van der Waals surface area contributed by atoms with E-state index in [-0.39, 0.29) is 23.0 Å². The van der Waals surface area contributed by atoms with Gasteiger partial charge in [0.1, 0.15) is 0 Å². The van der Waals surface area contributed by atoms with E-state index < -0.39 is 15.8 Å². The predicted octanol–water partition coefficient (Wildman–Crippen LogP) is 2.88. The van der Waals surface area contributed by atoms with Crippen molar-refractivity contribution < 1.29 is 22.3 Å². The average molecular weight is 394 g/mol. The number of carbonyl (C=O) groups excluding carboxylic acids is 1. The minimum atomic E-state index is -3.63. The molecule has 2 aromatic carbocycles. The topological polar surface area (TPSA) is 75.7 Å². The van der Waals surface area contributed by atoms with Gasteiger partial charge in [-0.25, -0.2) is 17.1 Å². The molecule has 0 unspecified atom stereocenters. The molecular weight excluding hydrogens is 371 g/mol. The summed E-state index contributed by atoms with van der Waals surface area (Å²) in [5, 5.41) is 2.72. The molecule has 146 valence electrons. The average Bonchev–Trinajstić information content (AvgIpc) is 2.58. The second-order valence-corrected chi connectivity index (χ2v) is 8.55. The monoisotopic (exact) mass is 394 g/mol. The van der Waals surface area contributed by atoms with Gasteiger partial charge in [0.2, 0.25) is 15.9 Å². The Morgan fingerprint density at radius 3 is 2.41 bits per heavy atom. The van der Waals surface area contributed by atoms with Crippen molar-refractivity contribution in [3.8, 4) is 5.75 Å². The van der Waals surface area contributed by atoms with Crippen LogP contribution in [0.2, 0.25) is 0 Å². The molecule has 1 amide bonds. The molecule has 0 saturated heterocycles. The fourth-order valence-corrected chi connectivity index (χ4v) is 3.53. The van der Waals surface area contributed by atoms with E-state index in [1.165, 1.54) is 39.4 Å². The van der Waals surface area contributed by atoms with E-state index in [0.717, 1.165) is 15.4 Å². The third-order valence-corrected chi connectivity index (χ3v) is 6.07. The molecule has 2 aromatic rings. The predicted molar refractivity (Wildman–Crippen MR) is 102 cm³/mol. The van der Waals surface area contributed by atoms with Gasteiger partial charge in [-0.05, 0) is 54.8 Å². The maximum atomic E-state index is 13.8. The van der Waals surface area contributed by atoms with Crippen LogP contribution in [-0.4, -0.2) is 39.8 Å². The van der Waals surface area contributed by atoms with Gasteiger partial charge in [-0.2, -0.15) is 0 Å². The molecule has 0 aromatic heterocycles. The van der Waals surface area contributed by atoms with Crippen molar-refractivity contribution >= 4 is 21.6 Å². The van der Waals surface area contributed by atoms with Gasteiger partial charge in [-0.1, -0.05) is 6.07 Å². The van der Waals surface area contributed by atoms with Crippen LogP contribution >= 0.6 is 0 Å². The van der Waals surface area contributed by atoms with Gasteiger partial charge in [0.25, 0.3) is 0 Å². The molecule has 1 N–H and O–H groups in total. The van der Waals surface area contributed by atoms with Gasteiger partial charge in [-0.3, -0.25) is 4.79 Å². The first kappa shape index (κ1) is 20.9. The van der Waals surface area contributed by atoms with Crippen LogP contribution in [0.1, 0.15) is 16.7 Å². The van der Waals surface area contributed by atoms with Crippen LogP contribution in [0, 0.1) is 19.7 Å². The highest BCUT2D eigenvalue weighted by molar-refractivity contribution is 7.89. The van der Waals surface area contributed by atoms with Crippen molar-refractivity contribution in [1.29, 1.82) is 0 Å². The number of benzene rings is 2. The van der Waals surface area contributed by atoms with Crippen LogP contribution in [0.25, 0.3) is 0 Å². The van der Waals surface area contributed by atoms with Gasteiger partial charge in [0, 0.05) is 19.8 Å². The number of methoxy groups -OCH3 is 1. The van der Waals surface area contributed by atoms with E-state index in [1.807, 2.05) is 0 Å². The smallest absolute Gasteiger partial charge is 0.242 e. The molecule has 0 heterocycles. The van der Waals surface area contributed by atoms with Crippen molar-refractivity contribution in [1.82, 2.24) is 4.31 Å². The maximum Gasteiger partial charge on any atom is 0.242 e. The molecule has 0 atom stereocenters. The van der Waals surface area contributed by atoms with Crippen molar-refractivity contribution in [3.05, 3.63) is 52.8 Å². The number of amides is 1. The Labute approximate surface area is 159 Å². The van der Waals surface area contributed by atoms with E-state index in [0.29, 0.717) is 11.3 Å². The molecule has 0 aliphatic carbocycles. The summed E-state index contributed by atoms with van der Waals surface area (Å²) in [6, 6.07) is 7.30. The fraction of sp³-hybridized carbons (Fsp3) is 0.316. The zero-order valence-corrected chi connectivity index (χ0v) is 16.8. The van der Waals surface area contributed by atoms with E-state index in [1.54, 1.807) is 26.0 Å². The van der Waals surface area contributed by atoms with Gasteiger partial charge in [0.15, 0.2) is 11.6 Å². The van der Waals surface area contributed by atoms with Crippen LogP contribution in [-0.2, 0) is 21.2 Å². The third-order valence-electron chi connectivity index (χ3n) is 4.27. The van der Waals surface area contributed by atoms with Crippen molar-refractivity contribution in [3.63, 3.8) is 0 Å². The Morgan fingerprint density at radius 2 is 1.85 bits per heavy atom. The first-order valence-electron chi connectivity index (χ1n) is 8.22. The zero-order chi connectivity index (χ0) is 20.4. The van der Waals surface area contributed by atoms with Crippen LogP contribution in [0.3, 0.4) is 0 Å². The lowest BCUT2D eigenvalue weighted by Gasteiger charge is -2.16. The summed E-state index contributed by atoms with van der Waals surface area (Å²) in [7, 11) is 0.629. The van der Waals surface area contributed by atoms with Gasteiger partial charge in [-0.15, -0.1) is 0 Å². The van der Waals surface area contributed by atoms with Crippen molar-refractivity contribution in [2.24, 2.45) is 0 Å². The van der Waals surface area contributed by atoms with Crippen LogP contribution in [0.4, 0.5) is 10.1 Å². The van der Waals surface area contributed by atoms with Gasteiger partial charge < -0.3 is 10.1 Å². The number of hydrogen-bond acceptors (Lipinski definition) is 4. The summed E-state index contributed by atoms with van der Waals surface area (Å²) in [5.74, 6) is -0.817. The third kappa shape index (κ3) is 4.64. The first-order valence-corrected chi connectivity index (χ1v) is 9.66. The number of nitrogens with zero attached hydrogens (tertiary/aromatic N) is 1. The molecule has 0 bridgehead atoms. The number of aryl methyl sites for hydroxylation is 1. The molecule has 0 saturated carbocycles. The molecule has 0 aliphatic rings. The Balaban J connectivity index is 2.27. The number of halogens is 1. The quantitative estimate of drug-likeness (QED) is 0.817. The van der Waals surface area contributed by atoms with Crippen LogP contribution < -0.4 is 10.1 Å².